The number of rotatable bonds is 6. The normalized spacial score (nSPS) is 12.1. The molecule has 0 saturated heterocycles. The van der Waals surface area contributed by atoms with E-state index in [9.17, 15) is 4.79 Å². The van der Waals surface area contributed by atoms with Crippen molar-refractivity contribution in [3.05, 3.63) is 200 Å². The van der Waals surface area contributed by atoms with Gasteiger partial charge in [-0.05, 0) is 27.7 Å². The van der Waals surface area contributed by atoms with E-state index in [-0.39, 0.29) is 19.9 Å². The van der Waals surface area contributed by atoms with Crippen LogP contribution in [0.3, 0.4) is 0 Å². The van der Waals surface area contributed by atoms with Gasteiger partial charge in [0.1, 0.15) is 0 Å². The van der Waals surface area contributed by atoms with Crippen LogP contribution >= 0.6 is 0 Å². The molecular weight excluding hydrogens is 712 g/mol. The zero-order valence-electron chi connectivity index (χ0n) is 30.5. The van der Waals surface area contributed by atoms with Gasteiger partial charge < -0.3 is 0 Å². The fourth-order valence-corrected chi connectivity index (χ4v) is 10.0. The number of hydrogen-bond acceptors (Lipinski definition) is 3. The fourth-order valence-electron chi connectivity index (χ4n) is 7.70. The SMILES string of the molecule is Cc1ccc(N(c2ccc(C)cc2)c2cc3c(c(N(c4ccc(C)cc4)c4ccc(C)cc4)c2)Cc2cc4c(=O)c5ccccc5[se]c4cc2C3)cc1. The number of anilines is 6. The van der Waals surface area contributed by atoms with Crippen molar-refractivity contribution in [2.45, 2.75) is 40.5 Å². The molecule has 0 radical (unpaired) electrons. The summed E-state index contributed by atoms with van der Waals surface area (Å²) >= 11 is 0.0868. The van der Waals surface area contributed by atoms with Crippen LogP contribution in [0.4, 0.5) is 34.1 Å². The maximum absolute atomic E-state index is 13.9. The van der Waals surface area contributed by atoms with Gasteiger partial charge in [-0.2, -0.15) is 0 Å². The molecule has 0 atom stereocenters. The Morgan fingerprint density at radius 1 is 0.434 bits per heavy atom. The molecule has 0 amide bonds. The molecule has 53 heavy (non-hydrogen) atoms. The van der Waals surface area contributed by atoms with Crippen LogP contribution in [0.1, 0.15) is 44.5 Å². The van der Waals surface area contributed by atoms with Crippen molar-refractivity contribution in [3.63, 3.8) is 0 Å². The van der Waals surface area contributed by atoms with Gasteiger partial charge in [0.15, 0.2) is 0 Å². The summed E-state index contributed by atoms with van der Waals surface area (Å²) in [6, 6.07) is 52.9. The van der Waals surface area contributed by atoms with Crippen molar-refractivity contribution in [2.75, 3.05) is 9.80 Å². The zero-order chi connectivity index (χ0) is 36.2. The molecule has 8 aromatic rings. The molecule has 1 aliphatic carbocycles. The zero-order valence-corrected chi connectivity index (χ0v) is 32.2. The van der Waals surface area contributed by atoms with Crippen molar-refractivity contribution >= 4 is 67.9 Å². The van der Waals surface area contributed by atoms with Gasteiger partial charge in [-0.1, -0.05) is 0 Å². The third-order valence-corrected chi connectivity index (χ3v) is 13.0. The Kier molecular flexibility index (Phi) is 8.38. The molecule has 0 bridgehead atoms. The van der Waals surface area contributed by atoms with Gasteiger partial charge in [0.2, 0.25) is 0 Å². The number of hydrogen-bond donors (Lipinski definition) is 0. The fraction of sp³-hybridized carbons (Fsp3) is 0.122. The van der Waals surface area contributed by atoms with Crippen molar-refractivity contribution in [2.24, 2.45) is 0 Å². The van der Waals surface area contributed by atoms with Crippen LogP contribution < -0.4 is 15.2 Å². The summed E-state index contributed by atoms with van der Waals surface area (Å²) < 4.78 is 2.37. The second kappa shape index (κ2) is 13.4. The number of aryl methyl sites for hydroxylation is 4. The number of benzene rings is 7. The quantitative estimate of drug-likeness (QED) is 0.125. The first-order valence-corrected chi connectivity index (χ1v) is 20.0. The van der Waals surface area contributed by atoms with Crippen LogP contribution in [0.15, 0.2) is 150 Å². The van der Waals surface area contributed by atoms with E-state index in [4.69, 9.17) is 0 Å². The predicted octanol–water partition coefficient (Wildman–Crippen LogP) is 12.1. The van der Waals surface area contributed by atoms with Gasteiger partial charge in [0.25, 0.3) is 0 Å². The third kappa shape index (κ3) is 6.18. The molecule has 0 fully saturated rings. The van der Waals surface area contributed by atoms with Gasteiger partial charge >= 0.3 is 291 Å². The van der Waals surface area contributed by atoms with Gasteiger partial charge in [0, 0.05) is 0 Å². The first kappa shape index (κ1) is 33.2. The Balaban J connectivity index is 1.31. The Hall–Kier alpha value is -5.67. The monoisotopic (exact) mass is 752 g/mol. The molecule has 1 aliphatic rings. The first-order valence-electron chi connectivity index (χ1n) is 18.3. The van der Waals surface area contributed by atoms with Crippen molar-refractivity contribution in [1.29, 1.82) is 0 Å². The minimum absolute atomic E-state index is 0.0868. The molecular formula is C49H40N2OSe. The van der Waals surface area contributed by atoms with E-state index in [1.165, 1.54) is 53.0 Å². The van der Waals surface area contributed by atoms with E-state index in [1.54, 1.807) is 0 Å². The van der Waals surface area contributed by atoms with Crippen LogP contribution in [-0.4, -0.2) is 14.5 Å². The van der Waals surface area contributed by atoms with Crippen molar-refractivity contribution in [1.82, 2.24) is 0 Å². The standard InChI is InChI=1S/C49H40N2OSe/c1-31-9-17-38(18-10-31)50(39-19-11-32(2)12-20-39)42-26-37-25-35-29-48-45(49(52)43-7-5-6-8-47(43)53-48)28-36(35)27-44(37)46(30-42)51(40-21-13-33(3)14-22-40)41-23-15-34(4)16-24-41/h5-24,26,28-30H,25,27H2,1-4H3. The van der Waals surface area contributed by atoms with Crippen LogP contribution in [0, 0.1) is 27.7 Å². The number of nitrogens with zero attached hydrogens (tertiary/aromatic N) is 2. The third-order valence-electron chi connectivity index (χ3n) is 10.6. The van der Waals surface area contributed by atoms with Crippen LogP contribution in [0.2, 0.25) is 0 Å². The summed E-state index contributed by atoms with van der Waals surface area (Å²) in [6.07, 6.45) is 1.55. The summed E-state index contributed by atoms with van der Waals surface area (Å²) in [5.74, 6) is 0. The average molecular weight is 752 g/mol. The maximum atomic E-state index is 13.9. The van der Waals surface area contributed by atoms with Crippen molar-refractivity contribution in [3.8, 4) is 0 Å². The molecule has 1 heterocycles. The van der Waals surface area contributed by atoms with Crippen molar-refractivity contribution < 1.29 is 0 Å². The second-order valence-corrected chi connectivity index (χ2v) is 16.8. The van der Waals surface area contributed by atoms with Crippen LogP contribution in [-0.2, 0) is 12.8 Å². The van der Waals surface area contributed by atoms with Crippen LogP contribution in [0.5, 0.6) is 0 Å². The predicted molar refractivity (Wildman–Crippen MR) is 225 cm³/mol. The number of fused-ring (bicyclic) bond motifs is 4. The van der Waals surface area contributed by atoms with Crippen LogP contribution in [0.25, 0.3) is 19.3 Å². The summed E-state index contributed by atoms with van der Waals surface area (Å²) in [5.41, 5.74) is 17.0. The molecule has 4 heteroatoms. The molecule has 0 saturated carbocycles. The molecule has 258 valence electrons. The van der Waals surface area contributed by atoms with E-state index in [2.05, 4.69) is 171 Å². The topological polar surface area (TPSA) is 23.6 Å². The molecule has 0 N–H and O–H groups in total. The Morgan fingerprint density at radius 2 is 0.925 bits per heavy atom. The minimum atomic E-state index is 0.0868. The second-order valence-electron chi connectivity index (χ2n) is 14.5. The van der Waals surface area contributed by atoms with Gasteiger partial charge in [-0.3, -0.25) is 0 Å². The first-order chi connectivity index (χ1) is 25.8. The Bertz CT molecular complexity index is 2620. The Morgan fingerprint density at radius 3 is 1.47 bits per heavy atom. The van der Waals surface area contributed by atoms with E-state index < -0.39 is 0 Å². The summed E-state index contributed by atoms with van der Waals surface area (Å²) in [5, 5.41) is 1.74. The molecule has 0 aliphatic heterocycles. The van der Waals surface area contributed by atoms with Gasteiger partial charge in [-0.25, -0.2) is 0 Å². The average Bonchev–Trinajstić information content (AvgIpc) is 3.17. The Labute approximate surface area is 317 Å². The molecule has 7 aromatic carbocycles. The molecule has 0 spiro atoms. The van der Waals surface area contributed by atoms with E-state index in [0.717, 1.165) is 57.7 Å². The molecule has 9 rings (SSSR count). The summed E-state index contributed by atoms with van der Waals surface area (Å²) in [6.45, 7) is 8.56. The molecule has 0 unspecified atom stereocenters. The van der Waals surface area contributed by atoms with E-state index in [0.29, 0.717) is 0 Å². The summed E-state index contributed by atoms with van der Waals surface area (Å²) in [7, 11) is 0. The van der Waals surface area contributed by atoms with E-state index >= 15 is 0 Å². The molecule has 1 aromatic heterocycles. The van der Waals surface area contributed by atoms with E-state index in [1.807, 2.05) is 12.1 Å². The van der Waals surface area contributed by atoms with Gasteiger partial charge in [-0.15, -0.1) is 0 Å². The summed E-state index contributed by atoms with van der Waals surface area (Å²) in [4.78, 5) is 18.7. The van der Waals surface area contributed by atoms with Gasteiger partial charge in [0.05, 0.1) is 0 Å². The molecule has 3 nitrogen and oxygen atoms in total.